The number of hydrogen-bond acceptors (Lipinski definition) is 4. The van der Waals surface area contributed by atoms with Crippen LogP contribution in [0.5, 0.6) is 0 Å². The van der Waals surface area contributed by atoms with Gasteiger partial charge in [-0.05, 0) is 60.9 Å². The van der Waals surface area contributed by atoms with Gasteiger partial charge in [0.05, 0.1) is 16.6 Å². The fourth-order valence-electron chi connectivity index (χ4n) is 4.62. The Bertz CT molecular complexity index is 947. The van der Waals surface area contributed by atoms with E-state index in [-0.39, 0.29) is 36.0 Å². The van der Waals surface area contributed by atoms with Crippen LogP contribution in [0.25, 0.3) is 0 Å². The van der Waals surface area contributed by atoms with Gasteiger partial charge in [-0.25, -0.2) is 8.42 Å². The molecule has 4 atom stereocenters. The zero-order valence-electron chi connectivity index (χ0n) is 15.5. The molecule has 2 aliphatic carbocycles. The number of hydrogen-bond donors (Lipinski definition) is 2. The highest BCUT2D eigenvalue weighted by Crippen LogP contribution is 2.47. The predicted octanol–water partition coefficient (Wildman–Crippen LogP) is 3.39. The minimum atomic E-state index is -3.42. The number of anilines is 1. The van der Waals surface area contributed by atoms with Gasteiger partial charge in [0.1, 0.15) is 0 Å². The summed E-state index contributed by atoms with van der Waals surface area (Å²) in [6.45, 7) is 0. The molecule has 7 heteroatoms. The molecule has 2 aromatic rings. The summed E-state index contributed by atoms with van der Waals surface area (Å²) in [6, 6.07) is 15.4. The molecular formula is C21H25ClN2O3S. The van der Waals surface area contributed by atoms with Crippen LogP contribution < -0.4 is 11.1 Å². The second-order valence-electron chi connectivity index (χ2n) is 7.70. The van der Waals surface area contributed by atoms with Crippen molar-refractivity contribution < 1.29 is 13.2 Å². The van der Waals surface area contributed by atoms with E-state index in [0.717, 1.165) is 19.3 Å². The smallest absolute Gasteiger partial charge is 0.229 e. The highest BCUT2D eigenvalue weighted by Gasteiger charge is 2.49. The SMILES string of the molecule is Cl.NC1C2CCC(C2)C1C(=O)Nc1cccc(CS(=O)(=O)c2ccccc2)c1. The highest BCUT2D eigenvalue weighted by molar-refractivity contribution is 7.90. The zero-order valence-corrected chi connectivity index (χ0v) is 17.1. The minimum Gasteiger partial charge on any atom is -0.327 e. The summed E-state index contributed by atoms with van der Waals surface area (Å²) < 4.78 is 25.1. The summed E-state index contributed by atoms with van der Waals surface area (Å²) >= 11 is 0. The standard InChI is InChI=1S/C21H24N2O3S.ClH/c22-20-16-10-9-15(12-16)19(20)21(24)23-17-6-4-5-14(11-17)13-27(25,26)18-7-2-1-3-8-18;/h1-8,11,15-16,19-20H,9-10,12-13,22H2,(H,23,24);1H. The van der Waals surface area contributed by atoms with Crippen molar-refractivity contribution >= 4 is 33.8 Å². The first-order valence-corrected chi connectivity index (χ1v) is 11.0. The Morgan fingerprint density at radius 1 is 1.04 bits per heavy atom. The topological polar surface area (TPSA) is 89.3 Å². The van der Waals surface area contributed by atoms with E-state index in [9.17, 15) is 13.2 Å². The predicted molar refractivity (Wildman–Crippen MR) is 112 cm³/mol. The van der Waals surface area contributed by atoms with Gasteiger partial charge in [-0.1, -0.05) is 30.3 Å². The Labute approximate surface area is 172 Å². The van der Waals surface area contributed by atoms with Gasteiger partial charge >= 0.3 is 0 Å². The molecule has 3 N–H and O–H groups in total. The van der Waals surface area contributed by atoms with Crippen LogP contribution in [-0.4, -0.2) is 20.4 Å². The van der Waals surface area contributed by atoms with E-state index in [2.05, 4.69) is 5.32 Å². The highest BCUT2D eigenvalue weighted by atomic mass is 35.5. The lowest BCUT2D eigenvalue weighted by Crippen LogP contribution is -2.42. The van der Waals surface area contributed by atoms with Crippen molar-refractivity contribution in [1.82, 2.24) is 0 Å². The maximum Gasteiger partial charge on any atom is 0.229 e. The Kier molecular flexibility index (Phi) is 6.12. The molecule has 4 unspecified atom stereocenters. The van der Waals surface area contributed by atoms with Crippen molar-refractivity contribution in [3.05, 3.63) is 60.2 Å². The summed E-state index contributed by atoms with van der Waals surface area (Å²) in [7, 11) is -3.42. The summed E-state index contributed by atoms with van der Waals surface area (Å²) in [5.41, 5.74) is 7.52. The number of carbonyl (C=O) groups excluding carboxylic acids is 1. The van der Waals surface area contributed by atoms with Crippen molar-refractivity contribution in [3.63, 3.8) is 0 Å². The van der Waals surface area contributed by atoms with Gasteiger partial charge in [0, 0.05) is 11.7 Å². The van der Waals surface area contributed by atoms with Gasteiger partial charge in [-0.2, -0.15) is 0 Å². The molecule has 0 saturated heterocycles. The number of nitrogens with one attached hydrogen (secondary N) is 1. The van der Waals surface area contributed by atoms with Crippen LogP contribution in [0.2, 0.25) is 0 Å². The van der Waals surface area contributed by atoms with Crippen LogP contribution in [0.15, 0.2) is 59.5 Å². The number of amides is 1. The molecule has 2 bridgehead atoms. The molecule has 2 fully saturated rings. The lowest BCUT2D eigenvalue weighted by molar-refractivity contribution is -0.121. The van der Waals surface area contributed by atoms with E-state index in [1.807, 2.05) is 0 Å². The number of benzene rings is 2. The van der Waals surface area contributed by atoms with Crippen molar-refractivity contribution in [3.8, 4) is 0 Å². The van der Waals surface area contributed by atoms with Crippen LogP contribution in [0.4, 0.5) is 5.69 Å². The molecule has 0 heterocycles. The van der Waals surface area contributed by atoms with E-state index in [0.29, 0.717) is 28.0 Å². The largest absolute Gasteiger partial charge is 0.327 e. The molecule has 0 spiro atoms. The normalized spacial score (nSPS) is 25.9. The monoisotopic (exact) mass is 420 g/mol. The first-order chi connectivity index (χ1) is 12.9. The number of nitrogens with two attached hydrogens (primary N) is 1. The average molecular weight is 421 g/mol. The molecule has 1 amide bonds. The number of fused-ring (bicyclic) bond motifs is 2. The molecule has 0 aromatic heterocycles. The van der Waals surface area contributed by atoms with Crippen LogP contribution >= 0.6 is 12.4 Å². The number of halogens is 1. The fraction of sp³-hybridized carbons (Fsp3) is 0.381. The van der Waals surface area contributed by atoms with E-state index < -0.39 is 9.84 Å². The van der Waals surface area contributed by atoms with Crippen molar-refractivity contribution in [1.29, 1.82) is 0 Å². The van der Waals surface area contributed by atoms with E-state index in [1.54, 1.807) is 54.6 Å². The van der Waals surface area contributed by atoms with Crippen LogP contribution in [0.3, 0.4) is 0 Å². The average Bonchev–Trinajstić information content (AvgIpc) is 3.23. The van der Waals surface area contributed by atoms with Gasteiger partial charge in [-0.3, -0.25) is 4.79 Å². The van der Waals surface area contributed by atoms with Gasteiger partial charge < -0.3 is 11.1 Å². The van der Waals surface area contributed by atoms with Gasteiger partial charge in [0.15, 0.2) is 9.84 Å². The second kappa shape index (κ2) is 8.23. The Balaban J connectivity index is 0.00000225. The van der Waals surface area contributed by atoms with Crippen molar-refractivity contribution in [2.45, 2.75) is 36.0 Å². The molecule has 5 nitrogen and oxygen atoms in total. The minimum absolute atomic E-state index is 0. The van der Waals surface area contributed by atoms with Gasteiger partial charge in [-0.15, -0.1) is 12.4 Å². The molecule has 2 aromatic carbocycles. The van der Waals surface area contributed by atoms with Crippen LogP contribution in [0, 0.1) is 17.8 Å². The van der Waals surface area contributed by atoms with Gasteiger partial charge in [0.2, 0.25) is 5.91 Å². The quantitative estimate of drug-likeness (QED) is 0.775. The first kappa shape index (κ1) is 20.8. The van der Waals surface area contributed by atoms with Crippen molar-refractivity contribution in [2.24, 2.45) is 23.5 Å². The first-order valence-electron chi connectivity index (χ1n) is 9.37. The third kappa shape index (κ3) is 4.09. The molecule has 2 aliphatic rings. The number of carbonyl (C=O) groups is 1. The summed E-state index contributed by atoms with van der Waals surface area (Å²) in [5.74, 6) is 0.562. The maximum atomic E-state index is 12.7. The van der Waals surface area contributed by atoms with E-state index in [1.165, 1.54) is 0 Å². The molecule has 28 heavy (non-hydrogen) atoms. The molecule has 0 radical (unpaired) electrons. The van der Waals surface area contributed by atoms with Crippen molar-refractivity contribution in [2.75, 3.05) is 5.32 Å². The Hall–Kier alpha value is -1.89. The summed E-state index contributed by atoms with van der Waals surface area (Å²) in [5, 5.41) is 2.95. The molecule has 2 saturated carbocycles. The number of rotatable bonds is 5. The zero-order chi connectivity index (χ0) is 19.0. The third-order valence-electron chi connectivity index (χ3n) is 5.94. The fourth-order valence-corrected chi connectivity index (χ4v) is 5.98. The third-order valence-corrected chi connectivity index (χ3v) is 7.64. The molecule has 0 aliphatic heterocycles. The Morgan fingerprint density at radius 2 is 1.75 bits per heavy atom. The Morgan fingerprint density at radius 3 is 2.43 bits per heavy atom. The summed E-state index contributed by atoms with van der Waals surface area (Å²) in [4.78, 5) is 13.0. The second-order valence-corrected chi connectivity index (χ2v) is 9.69. The van der Waals surface area contributed by atoms with Crippen LogP contribution in [0.1, 0.15) is 24.8 Å². The number of sulfone groups is 1. The van der Waals surface area contributed by atoms with E-state index in [4.69, 9.17) is 5.73 Å². The lowest BCUT2D eigenvalue weighted by Gasteiger charge is -2.27. The van der Waals surface area contributed by atoms with Gasteiger partial charge in [0.25, 0.3) is 0 Å². The molecule has 150 valence electrons. The molecular weight excluding hydrogens is 396 g/mol. The lowest BCUT2D eigenvalue weighted by atomic mass is 9.84. The van der Waals surface area contributed by atoms with E-state index >= 15 is 0 Å². The maximum absolute atomic E-state index is 12.7. The summed E-state index contributed by atoms with van der Waals surface area (Å²) in [6.07, 6.45) is 3.25. The van der Waals surface area contributed by atoms with Crippen LogP contribution in [-0.2, 0) is 20.4 Å². The molecule has 4 rings (SSSR count).